The Morgan fingerprint density at radius 3 is 2.38 bits per heavy atom. The third-order valence-electron chi connectivity index (χ3n) is 3.74. The second-order valence-electron chi connectivity index (χ2n) is 6.37. The highest BCUT2D eigenvalue weighted by molar-refractivity contribution is 5.47. The van der Waals surface area contributed by atoms with E-state index in [-0.39, 0.29) is 0 Å². The first-order valence-corrected chi connectivity index (χ1v) is 8.86. The molecule has 0 heterocycles. The standard InChI is InChI=1S/C21H29NO2/c1-4-14-23-20-11-9-19(10-12-20)22-16-18-7-5-6-8-21(18)24-15-13-17(2)3/h5-12,17,22H,4,13-16H2,1-3H3. The number of para-hydroxylation sites is 1. The summed E-state index contributed by atoms with van der Waals surface area (Å²) < 4.78 is 11.5. The van der Waals surface area contributed by atoms with E-state index in [0.29, 0.717) is 5.92 Å². The number of hydrogen-bond donors (Lipinski definition) is 1. The minimum Gasteiger partial charge on any atom is -0.494 e. The first kappa shape index (κ1) is 18.2. The van der Waals surface area contributed by atoms with E-state index in [1.54, 1.807) is 0 Å². The van der Waals surface area contributed by atoms with Gasteiger partial charge in [-0.1, -0.05) is 39.0 Å². The van der Waals surface area contributed by atoms with Crippen LogP contribution in [0.25, 0.3) is 0 Å². The lowest BCUT2D eigenvalue weighted by atomic mass is 10.1. The van der Waals surface area contributed by atoms with Gasteiger partial charge in [-0.25, -0.2) is 0 Å². The van der Waals surface area contributed by atoms with Gasteiger partial charge in [0.2, 0.25) is 0 Å². The smallest absolute Gasteiger partial charge is 0.124 e. The summed E-state index contributed by atoms with van der Waals surface area (Å²) in [6, 6.07) is 16.3. The summed E-state index contributed by atoms with van der Waals surface area (Å²) in [6.07, 6.45) is 2.09. The highest BCUT2D eigenvalue weighted by Crippen LogP contribution is 2.21. The van der Waals surface area contributed by atoms with Crippen molar-refractivity contribution in [2.75, 3.05) is 18.5 Å². The third kappa shape index (κ3) is 6.15. The molecule has 0 bridgehead atoms. The molecule has 3 heteroatoms. The zero-order valence-corrected chi connectivity index (χ0v) is 15.0. The van der Waals surface area contributed by atoms with Gasteiger partial charge in [-0.2, -0.15) is 0 Å². The first-order chi connectivity index (χ1) is 11.7. The zero-order chi connectivity index (χ0) is 17.2. The van der Waals surface area contributed by atoms with E-state index in [1.165, 1.54) is 5.56 Å². The van der Waals surface area contributed by atoms with E-state index in [9.17, 15) is 0 Å². The molecule has 0 radical (unpaired) electrons. The van der Waals surface area contributed by atoms with Gasteiger partial charge in [-0.3, -0.25) is 0 Å². The first-order valence-electron chi connectivity index (χ1n) is 8.86. The lowest BCUT2D eigenvalue weighted by molar-refractivity contribution is 0.287. The molecule has 24 heavy (non-hydrogen) atoms. The summed E-state index contributed by atoms with van der Waals surface area (Å²) in [4.78, 5) is 0. The molecule has 3 nitrogen and oxygen atoms in total. The molecule has 0 aliphatic carbocycles. The molecular formula is C21H29NO2. The molecule has 0 atom stereocenters. The Hall–Kier alpha value is -2.16. The van der Waals surface area contributed by atoms with Gasteiger partial charge < -0.3 is 14.8 Å². The third-order valence-corrected chi connectivity index (χ3v) is 3.74. The zero-order valence-electron chi connectivity index (χ0n) is 15.0. The van der Waals surface area contributed by atoms with Crippen molar-refractivity contribution in [2.24, 2.45) is 5.92 Å². The van der Waals surface area contributed by atoms with Gasteiger partial charge in [0.1, 0.15) is 11.5 Å². The minimum atomic E-state index is 0.656. The van der Waals surface area contributed by atoms with Crippen molar-refractivity contribution < 1.29 is 9.47 Å². The average molecular weight is 327 g/mol. The SMILES string of the molecule is CCCOc1ccc(NCc2ccccc2OCCC(C)C)cc1. The summed E-state index contributed by atoms with van der Waals surface area (Å²) in [5, 5.41) is 3.45. The highest BCUT2D eigenvalue weighted by Gasteiger charge is 2.04. The second kappa shape index (κ2) is 9.86. The molecule has 0 fully saturated rings. The normalized spacial score (nSPS) is 10.7. The van der Waals surface area contributed by atoms with Gasteiger partial charge in [0.05, 0.1) is 13.2 Å². The molecule has 2 aromatic carbocycles. The Morgan fingerprint density at radius 1 is 0.917 bits per heavy atom. The molecule has 0 saturated carbocycles. The number of ether oxygens (including phenoxy) is 2. The van der Waals surface area contributed by atoms with E-state index >= 15 is 0 Å². The van der Waals surface area contributed by atoms with E-state index in [2.05, 4.69) is 32.2 Å². The van der Waals surface area contributed by atoms with Crippen LogP contribution in [0.4, 0.5) is 5.69 Å². The van der Waals surface area contributed by atoms with Crippen molar-refractivity contribution >= 4 is 5.69 Å². The van der Waals surface area contributed by atoms with E-state index in [1.807, 2.05) is 42.5 Å². The van der Waals surface area contributed by atoms with Crippen molar-refractivity contribution in [1.82, 2.24) is 0 Å². The molecule has 130 valence electrons. The Balaban J connectivity index is 1.89. The minimum absolute atomic E-state index is 0.656. The summed E-state index contributed by atoms with van der Waals surface area (Å²) in [5.41, 5.74) is 2.25. The average Bonchev–Trinajstić information content (AvgIpc) is 2.60. The quantitative estimate of drug-likeness (QED) is 0.624. The Morgan fingerprint density at radius 2 is 1.67 bits per heavy atom. The van der Waals surface area contributed by atoms with Crippen LogP contribution in [0.15, 0.2) is 48.5 Å². The molecule has 2 aromatic rings. The van der Waals surface area contributed by atoms with Crippen LogP contribution in [0.2, 0.25) is 0 Å². The molecule has 0 spiro atoms. The van der Waals surface area contributed by atoms with Crippen LogP contribution in [0.1, 0.15) is 39.2 Å². The molecule has 0 amide bonds. The maximum absolute atomic E-state index is 5.94. The van der Waals surface area contributed by atoms with E-state index in [4.69, 9.17) is 9.47 Å². The summed E-state index contributed by atoms with van der Waals surface area (Å²) in [5.74, 6) is 2.54. The van der Waals surface area contributed by atoms with Crippen LogP contribution < -0.4 is 14.8 Å². The monoisotopic (exact) mass is 327 g/mol. The maximum atomic E-state index is 5.94. The molecular weight excluding hydrogens is 298 g/mol. The van der Waals surface area contributed by atoms with Gasteiger partial charge in [-0.15, -0.1) is 0 Å². The number of anilines is 1. The van der Waals surface area contributed by atoms with Crippen molar-refractivity contribution in [2.45, 2.75) is 40.2 Å². The number of hydrogen-bond acceptors (Lipinski definition) is 3. The molecule has 0 saturated heterocycles. The van der Waals surface area contributed by atoms with Gasteiger partial charge in [0.25, 0.3) is 0 Å². The topological polar surface area (TPSA) is 30.5 Å². The fourth-order valence-electron chi connectivity index (χ4n) is 2.28. The number of benzene rings is 2. The predicted molar refractivity (Wildman–Crippen MR) is 101 cm³/mol. The van der Waals surface area contributed by atoms with E-state index in [0.717, 1.165) is 49.8 Å². The summed E-state index contributed by atoms with van der Waals surface area (Å²) >= 11 is 0. The Bertz CT molecular complexity index is 593. The molecule has 0 unspecified atom stereocenters. The largest absolute Gasteiger partial charge is 0.494 e. The van der Waals surface area contributed by atoms with E-state index < -0.39 is 0 Å². The summed E-state index contributed by atoms with van der Waals surface area (Å²) in [7, 11) is 0. The maximum Gasteiger partial charge on any atom is 0.124 e. The number of nitrogens with one attached hydrogen (secondary N) is 1. The Kier molecular flexibility index (Phi) is 7.47. The molecule has 1 N–H and O–H groups in total. The molecule has 0 aliphatic heterocycles. The molecule has 0 aromatic heterocycles. The van der Waals surface area contributed by atoms with Crippen LogP contribution in [0.3, 0.4) is 0 Å². The molecule has 2 rings (SSSR count). The number of rotatable bonds is 10. The van der Waals surface area contributed by atoms with Crippen molar-refractivity contribution in [1.29, 1.82) is 0 Å². The highest BCUT2D eigenvalue weighted by atomic mass is 16.5. The van der Waals surface area contributed by atoms with Crippen LogP contribution in [-0.4, -0.2) is 13.2 Å². The van der Waals surface area contributed by atoms with Crippen molar-refractivity contribution in [3.63, 3.8) is 0 Å². The lowest BCUT2D eigenvalue weighted by Crippen LogP contribution is -2.06. The van der Waals surface area contributed by atoms with Gasteiger partial charge in [-0.05, 0) is 49.1 Å². The summed E-state index contributed by atoms with van der Waals surface area (Å²) in [6.45, 7) is 8.80. The lowest BCUT2D eigenvalue weighted by Gasteiger charge is -2.14. The van der Waals surface area contributed by atoms with Crippen LogP contribution >= 0.6 is 0 Å². The van der Waals surface area contributed by atoms with Gasteiger partial charge >= 0.3 is 0 Å². The van der Waals surface area contributed by atoms with Crippen LogP contribution in [0, 0.1) is 5.92 Å². The van der Waals surface area contributed by atoms with Crippen LogP contribution in [0.5, 0.6) is 11.5 Å². The predicted octanol–water partition coefficient (Wildman–Crippen LogP) is 5.51. The van der Waals surface area contributed by atoms with Gasteiger partial charge in [0, 0.05) is 17.8 Å². The second-order valence-corrected chi connectivity index (χ2v) is 6.37. The van der Waals surface area contributed by atoms with Gasteiger partial charge in [0.15, 0.2) is 0 Å². The van der Waals surface area contributed by atoms with Crippen molar-refractivity contribution in [3.05, 3.63) is 54.1 Å². The fourth-order valence-corrected chi connectivity index (χ4v) is 2.28. The van der Waals surface area contributed by atoms with Crippen LogP contribution in [-0.2, 0) is 6.54 Å². The Labute approximate surface area is 146 Å². The fraction of sp³-hybridized carbons (Fsp3) is 0.429. The van der Waals surface area contributed by atoms with Crippen molar-refractivity contribution in [3.8, 4) is 11.5 Å². The molecule has 0 aliphatic rings.